The number of halogens is 1. The van der Waals surface area contributed by atoms with E-state index in [-0.39, 0.29) is 36.4 Å². The monoisotopic (exact) mass is 539 g/mol. The van der Waals surface area contributed by atoms with Gasteiger partial charge in [-0.1, -0.05) is 26.7 Å². The van der Waals surface area contributed by atoms with Gasteiger partial charge in [-0.05, 0) is 46.5 Å². The summed E-state index contributed by atoms with van der Waals surface area (Å²) in [7, 11) is 3.44. The first-order chi connectivity index (χ1) is 13.5. The third-order valence-corrected chi connectivity index (χ3v) is 5.28. The summed E-state index contributed by atoms with van der Waals surface area (Å²) >= 11 is 0. The zero-order valence-electron chi connectivity index (χ0n) is 19.8. The molecule has 0 aromatic carbocycles. The predicted molar refractivity (Wildman–Crippen MR) is 132 cm³/mol. The van der Waals surface area contributed by atoms with Crippen molar-refractivity contribution in [2.75, 3.05) is 27.2 Å². The smallest absolute Gasteiger partial charge is 0.408 e. The third-order valence-electron chi connectivity index (χ3n) is 5.28. The van der Waals surface area contributed by atoms with Gasteiger partial charge in [0, 0.05) is 26.7 Å². The Bertz CT molecular complexity index is 565. The highest BCUT2D eigenvalue weighted by molar-refractivity contribution is 14.0. The molecule has 8 nitrogen and oxygen atoms in total. The molecule has 3 N–H and O–H groups in total. The predicted octanol–water partition coefficient (Wildman–Crippen LogP) is 3.25. The van der Waals surface area contributed by atoms with Crippen LogP contribution in [0.4, 0.5) is 4.79 Å². The van der Waals surface area contributed by atoms with Crippen molar-refractivity contribution in [2.24, 2.45) is 4.99 Å². The van der Waals surface area contributed by atoms with Gasteiger partial charge in [-0.25, -0.2) is 9.79 Å². The van der Waals surface area contributed by atoms with Gasteiger partial charge in [-0.15, -0.1) is 24.0 Å². The number of likely N-dealkylation sites (N-methyl/N-ethyl adjacent to an activating group) is 1. The molecule has 1 aliphatic carbocycles. The second kappa shape index (κ2) is 13.2. The molecule has 0 aromatic heterocycles. The summed E-state index contributed by atoms with van der Waals surface area (Å²) in [6.07, 6.45) is 5.67. The summed E-state index contributed by atoms with van der Waals surface area (Å²) in [5.41, 5.74) is -1.01. The standard InChI is InChI=1S/C21H41N5O3.HI/c1-8-21(9-2,25-19(28)29-20(3,4)5)15-23-18(22-14-17(27)26(6)7)24-16-12-10-11-13-16;/h16H,8-15H2,1-7H3,(H,25,28)(H2,22,23,24);1H. The van der Waals surface area contributed by atoms with E-state index < -0.39 is 17.2 Å². The maximum absolute atomic E-state index is 12.3. The normalized spacial score (nSPS) is 15.2. The fraction of sp³-hybridized carbons (Fsp3) is 0.857. The number of rotatable bonds is 8. The average molecular weight is 540 g/mol. The lowest BCUT2D eigenvalue weighted by Gasteiger charge is -2.34. The number of carbonyl (C=O) groups is 2. The van der Waals surface area contributed by atoms with Gasteiger partial charge in [0.25, 0.3) is 0 Å². The van der Waals surface area contributed by atoms with E-state index in [2.05, 4.69) is 20.9 Å². The van der Waals surface area contributed by atoms with Gasteiger partial charge in [-0.2, -0.15) is 0 Å². The maximum atomic E-state index is 12.3. The van der Waals surface area contributed by atoms with Crippen LogP contribution < -0.4 is 16.0 Å². The van der Waals surface area contributed by atoms with E-state index in [0.717, 1.165) is 25.7 Å². The van der Waals surface area contributed by atoms with E-state index in [1.165, 1.54) is 17.7 Å². The number of ether oxygens (including phenoxy) is 1. The van der Waals surface area contributed by atoms with Crippen LogP contribution in [0.3, 0.4) is 0 Å². The molecule has 1 fully saturated rings. The molecule has 1 saturated carbocycles. The highest BCUT2D eigenvalue weighted by atomic mass is 127. The molecule has 0 aliphatic heterocycles. The lowest BCUT2D eigenvalue weighted by Crippen LogP contribution is -2.57. The van der Waals surface area contributed by atoms with Gasteiger partial charge < -0.3 is 25.6 Å². The van der Waals surface area contributed by atoms with Crippen LogP contribution in [0.5, 0.6) is 0 Å². The Kier molecular flexibility index (Phi) is 12.7. The van der Waals surface area contributed by atoms with Gasteiger partial charge in [0.05, 0.1) is 5.54 Å². The molecule has 1 rings (SSSR count). The molecule has 0 spiro atoms. The third kappa shape index (κ3) is 10.7. The lowest BCUT2D eigenvalue weighted by molar-refractivity contribution is -0.127. The van der Waals surface area contributed by atoms with Crippen molar-refractivity contribution in [3.05, 3.63) is 0 Å². The van der Waals surface area contributed by atoms with Crippen LogP contribution in [-0.4, -0.2) is 67.2 Å². The van der Waals surface area contributed by atoms with E-state index >= 15 is 0 Å². The fourth-order valence-electron chi connectivity index (χ4n) is 3.20. The molecule has 30 heavy (non-hydrogen) atoms. The van der Waals surface area contributed by atoms with Gasteiger partial charge in [-0.3, -0.25) is 4.79 Å². The molecule has 0 radical (unpaired) electrons. The van der Waals surface area contributed by atoms with Crippen molar-refractivity contribution < 1.29 is 14.3 Å². The molecule has 0 saturated heterocycles. The minimum Gasteiger partial charge on any atom is -0.444 e. The van der Waals surface area contributed by atoms with Crippen LogP contribution in [0.2, 0.25) is 0 Å². The van der Waals surface area contributed by atoms with Crippen molar-refractivity contribution in [3.8, 4) is 0 Å². The van der Waals surface area contributed by atoms with Crippen LogP contribution in [0, 0.1) is 0 Å². The number of amides is 2. The summed E-state index contributed by atoms with van der Waals surface area (Å²) in [4.78, 5) is 30.3. The van der Waals surface area contributed by atoms with Crippen LogP contribution in [0.25, 0.3) is 0 Å². The minimum absolute atomic E-state index is 0. The van der Waals surface area contributed by atoms with Crippen molar-refractivity contribution >= 4 is 41.9 Å². The minimum atomic E-state index is -0.548. The van der Waals surface area contributed by atoms with E-state index in [1.807, 2.05) is 34.6 Å². The van der Waals surface area contributed by atoms with E-state index in [9.17, 15) is 9.59 Å². The number of nitrogens with zero attached hydrogens (tertiary/aromatic N) is 2. The second-order valence-electron chi connectivity index (χ2n) is 9.05. The topological polar surface area (TPSA) is 95.1 Å². The first-order valence-electron chi connectivity index (χ1n) is 10.8. The number of alkyl carbamates (subject to hydrolysis) is 1. The summed E-state index contributed by atoms with van der Waals surface area (Å²) in [5.74, 6) is 0.561. The summed E-state index contributed by atoms with van der Waals surface area (Å²) in [6, 6.07) is 0.368. The largest absolute Gasteiger partial charge is 0.444 e. The second-order valence-corrected chi connectivity index (χ2v) is 9.05. The van der Waals surface area contributed by atoms with Crippen molar-refractivity contribution in [2.45, 2.75) is 90.3 Å². The molecular formula is C21H42IN5O3. The number of carbonyl (C=O) groups excluding carboxylic acids is 2. The van der Waals surface area contributed by atoms with E-state index in [4.69, 9.17) is 4.74 Å². The molecule has 0 unspecified atom stereocenters. The van der Waals surface area contributed by atoms with Crippen LogP contribution in [0.15, 0.2) is 4.99 Å². The fourth-order valence-corrected chi connectivity index (χ4v) is 3.20. The number of hydrogen-bond donors (Lipinski definition) is 3. The van der Waals surface area contributed by atoms with Crippen LogP contribution >= 0.6 is 24.0 Å². The quantitative estimate of drug-likeness (QED) is 0.250. The highest BCUT2D eigenvalue weighted by Gasteiger charge is 2.31. The maximum Gasteiger partial charge on any atom is 0.408 e. The summed E-state index contributed by atoms with van der Waals surface area (Å²) < 4.78 is 5.44. The van der Waals surface area contributed by atoms with Crippen molar-refractivity contribution in [3.63, 3.8) is 0 Å². The molecule has 0 heterocycles. The molecule has 0 bridgehead atoms. The van der Waals surface area contributed by atoms with Gasteiger partial charge in [0.15, 0.2) is 5.96 Å². The Balaban J connectivity index is 0.00000841. The van der Waals surface area contributed by atoms with Gasteiger partial charge >= 0.3 is 6.09 Å². The number of nitrogens with one attached hydrogen (secondary N) is 3. The SMILES string of the molecule is CCC(CC)(CNC(=NCC(=O)N(C)C)NC1CCCC1)NC(=O)OC(C)(C)C.I. The number of guanidine groups is 1. The zero-order chi connectivity index (χ0) is 22.1. The number of hydrogen-bond acceptors (Lipinski definition) is 4. The lowest BCUT2D eigenvalue weighted by atomic mass is 9.93. The summed E-state index contributed by atoms with van der Waals surface area (Å²) in [5, 5.41) is 9.83. The van der Waals surface area contributed by atoms with Gasteiger partial charge in [0.1, 0.15) is 12.1 Å². The summed E-state index contributed by atoms with van der Waals surface area (Å²) in [6.45, 7) is 10.2. The zero-order valence-corrected chi connectivity index (χ0v) is 22.1. The number of aliphatic imine (C=N–C) groups is 1. The highest BCUT2D eigenvalue weighted by Crippen LogP contribution is 2.18. The molecule has 0 atom stereocenters. The molecule has 0 aromatic rings. The molecule has 176 valence electrons. The Labute approximate surface area is 199 Å². The van der Waals surface area contributed by atoms with Crippen LogP contribution in [-0.2, 0) is 9.53 Å². The van der Waals surface area contributed by atoms with Crippen molar-refractivity contribution in [1.29, 1.82) is 0 Å². The van der Waals surface area contributed by atoms with Crippen LogP contribution in [0.1, 0.15) is 73.1 Å². The Hall–Kier alpha value is -1.26. The Morgan fingerprint density at radius 2 is 1.67 bits per heavy atom. The molecule has 1 aliphatic rings. The van der Waals surface area contributed by atoms with Crippen molar-refractivity contribution in [1.82, 2.24) is 20.9 Å². The molecule has 2 amide bonds. The first-order valence-corrected chi connectivity index (χ1v) is 10.8. The molecular weight excluding hydrogens is 497 g/mol. The van der Waals surface area contributed by atoms with Gasteiger partial charge in [0.2, 0.25) is 5.91 Å². The Morgan fingerprint density at radius 3 is 2.13 bits per heavy atom. The van der Waals surface area contributed by atoms with E-state index in [1.54, 1.807) is 14.1 Å². The molecule has 9 heteroatoms. The first kappa shape index (κ1) is 28.7. The average Bonchev–Trinajstić information content (AvgIpc) is 3.13. The van der Waals surface area contributed by atoms with E-state index in [0.29, 0.717) is 18.5 Å². The Morgan fingerprint density at radius 1 is 1.10 bits per heavy atom.